The number of sulfone groups is 1. The Labute approximate surface area is 114 Å². The lowest BCUT2D eigenvalue weighted by Crippen LogP contribution is -2.44. The summed E-state index contributed by atoms with van der Waals surface area (Å²) in [5, 5.41) is 9.33. The van der Waals surface area contributed by atoms with Gasteiger partial charge in [0, 0.05) is 18.3 Å². The summed E-state index contributed by atoms with van der Waals surface area (Å²) in [4.78, 5) is 13.3. The molecule has 0 unspecified atom stereocenters. The minimum atomic E-state index is -3.03. The van der Waals surface area contributed by atoms with Crippen LogP contribution in [0.4, 0.5) is 0 Å². The molecule has 0 amide bonds. The molecule has 1 N–H and O–H groups in total. The largest absolute Gasteiger partial charge is 0.480 e. The topological polar surface area (TPSA) is 74.7 Å². The van der Waals surface area contributed by atoms with Crippen molar-refractivity contribution in [1.82, 2.24) is 4.90 Å². The van der Waals surface area contributed by atoms with Crippen LogP contribution in [0.25, 0.3) is 0 Å². The molecule has 0 aromatic rings. The van der Waals surface area contributed by atoms with Crippen LogP contribution in [0.5, 0.6) is 0 Å². The molecule has 2 fully saturated rings. The fraction of sp³-hybridized carbons (Fsp3) is 0.923. The lowest BCUT2D eigenvalue weighted by Gasteiger charge is -2.32. The van der Waals surface area contributed by atoms with Crippen molar-refractivity contribution in [2.45, 2.75) is 51.1 Å². The minimum absolute atomic E-state index is 0.0799. The van der Waals surface area contributed by atoms with Gasteiger partial charge < -0.3 is 5.11 Å². The molecule has 2 rings (SSSR count). The van der Waals surface area contributed by atoms with E-state index in [9.17, 15) is 18.3 Å². The number of carboxylic acids is 1. The molecule has 0 aromatic heterocycles. The molecule has 2 aliphatic rings. The van der Waals surface area contributed by atoms with Gasteiger partial charge in [0.1, 0.15) is 6.04 Å². The zero-order valence-corrected chi connectivity index (χ0v) is 12.2. The molecular weight excluding hydrogens is 266 g/mol. The third-order valence-corrected chi connectivity index (χ3v) is 6.29. The molecule has 1 aliphatic heterocycles. The molecule has 6 heteroatoms. The molecular formula is C13H23NO4S. The van der Waals surface area contributed by atoms with Gasteiger partial charge in [0.2, 0.25) is 0 Å². The van der Waals surface area contributed by atoms with E-state index < -0.39 is 21.8 Å². The monoisotopic (exact) mass is 289 g/mol. The minimum Gasteiger partial charge on any atom is -0.480 e. The predicted octanol–water partition coefficient (Wildman–Crippen LogP) is 1.14. The van der Waals surface area contributed by atoms with Gasteiger partial charge in [-0.2, -0.15) is 0 Å². The van der Waals surface area contributed by atoms with Crippen molar-refractivity contribution in [2.75, 3.05) is 18.1 Å². The third kappa shape index (κ3) is 3.28. The number of carboxylic acid groups (broad SMARTS) is 1. The summed E-state index contributed by atoms with van der Waals surface area (Å²) in [6.45, 7) is 2.01. The van der Waals surface area contributed by atoms with E-state index in [1.807, 2.05) is 4.90 Å². The van der Waals surface area contributed by atoms with Crippen molar-refractivity contribution in [3.05, 3.63) is 0 Å². The fourth-order valence-corrected chi connectivity index (χ4v) is 4.28. The zero-order valence-electron chi connectivity index (χ0n) is 11.4. The second kappa shape index (κ2) is 5.79. The van der Waals surface area contributed by atoms with Gasteiger partial charge in [-0.25, -0.2) is 8.42 Å². The number of carbonyl (C=O) groups is 1. The average Bonchev–Trinajstić information content (AvgIpc) is 2.75. The van der Waals surface area contributed by atoms with Crippen LogP contribution in [0.1, 0.15) is 39.0 Å². The van der Waals surface area contributed by atoms with E-state index in [1.54, 1.807) is 6.92 Å². The van der Waals surface area contributed by atoms with Crippen LogP contribution in [0.3, 0.4) is 0 Å². The molecule has 0 spiro atoms. The Bertz CT molecular complexity index is 434. The first-order valence-electron chi connectivity index (χ1n) is 7.13. The quantitative estimate of drug-likeness (QED) is 0.821. The molecule has 110 valence electrons. The smallest absolute Gasteiger partial charge is 0.320 e. The van der Waals surface area contributed by atoms with Crippen LogP contribution in [-0.2, 0) is 14.6 Å². The van der Waals surface area contributed by atoms with E-state index >= 15 is 0 Å². The van der Waals surface area contributed by atoms with Gasteiger partial charge >= 0.3 is 5.97 Å². The van der Waals surface area contributed by atoms with Gasteiger partial charge in [-0.05, 0) is 25.2 Å². The Morgan fingerprint density at radius 2 is 2.00 bits per heavy atom. The molecule has 1 saturated carbocycles. The Morgan fingerprint density at radius 1 is 1.32 bits per heavy atom. The van der Waals surface area contributed by atoms with Crippen LogP contribution < -0.4 is 0 Å². The summed E-state index contributed by atoms with van der Waals surface area (Å²) >= 11 is 0. The van der Waals surface area contributed by atoms with Crippen LogP contribution in [0.2, 0.25) is 0 Å². The zero-order chi connectivity index (χ0) is 14.0. The highest BCUT2D eigenvalue weighted by molar-refractivity contribution is 7.91. The van der Waals surface area contributed by atoms with Gasteiger partial charge in [0.15, 0.2) is 9.84 Å². The summed E-state index contributed by atoms with van der Waals surface area (Å²) in [5.41, 5.74) is 0. The van der Waals surface area contributed by atoms with E-state index in [0.29, 0.717) is 18.9 Å². The Hall–Kier alpha value is -0.620. The lowest BCUT2D eigenvalue weighted by atomic mass is 9.85. The summed E-state index contributed by atoms with van der Waals surface area (Å²) < 4.78 is 23.2. The first-order chi connectivity index (χ1) is 8.94. The van der Waals surface area contributed by atoms with E-state index in [2.05, 4.69) is 0 Å². The Kier molecular flexibility index (Phi) is 4.50. The second-order valence-corrected chi connectivity index (χ2v) is 8.15. The highest BCUT2D eigenvalue weighted by Gasteiger charge is 2.45. The molecule has 1 aliphatic carbocycles. The van der Waals surface area contributed by atoms with E-state index in [1.165, 1.54) is 6.42 Å². The highest BCUT2D eigenvalue weighted by atomic mass is 32.2. The van der Waals surface area contributed by atoms with E-state index in [0.717, 1.165) is 19.3 Å². The number of rotatable bonds is 5. The molecule has 1 heterocycles. The standard InChI is InChI=1S/C13H23NO4S/c1-2-19(17,18)8-7-14-11-6-4-3-5-10(11)9-12(14)13(15)16/h10-12H,2-9H2,1H3,(H,15,16)/t10-,11+,12-/m0/s1. The van der Waals surface area contributed by atoms with Crippen molar-refractivity contribution < 1.29 is 18.3 Å². The Morgan fingerprint density at radius 3 is 2.63 bits per heavy atom. The summed E-state index contributed by atoms with van der Waals surface area (Å²) in [6, 6.07) is -0.206. The second-order valence-electron chi connectivity index (χ2n) is 5.68. The Balaban J connectivity index is 2.07. The summed E-state index contributed by atoms with van der Waals surface area (Å²) in [6.07, 6.45) is 5.09. The average molecular weight is 289 g/mol. The van der Waals surface area contributed by atoms with Crippen molar-refractivity contribution in [1.29, 1.82) is 0 Å². The van der Waals surface area contributed by atoms with Crippen LogP contribution in [0.15, 0.2) is 0 Å². The normalized spacial score (nSPS) is 32.2. The van der Waals surface area contributed by atoms with Gasteiger partial charge in [-0.15, -0.1) is 0 Å². The van der Waals surface area contributed by atoms with E-state index in [4.69, 9.17) is 0 Å². The molecule has 1 saturated heterocycles. The van der Waals surface area contributed by atoms with Gasteiger partial charge in [-0.3, -0.25) is 9.69 Å². The molecule has 0 radical (unpaired) electrons. The van der Waals surface area contributed by atoms with E-state index in [-0.39, 0.29) is 17.5 Å². The first-order valence-corrected chi connectivity index (χ1v) is 8.95. The molecule has 5 nitrogen and oxygen atoms in total. The molecule has 0 bridgehead atoms. The van der Waals surface area contributed by atoms with Gasteiger partial charge in [0.25, 0.3) is 0 Å². The SMILES string of the molecule is CCS(=O)(=O)CCN1[C@@H]2CCCC[C@H]2C[C@H]1C(=O)O. The third-order valence-electron chi connectivity index (χ3n) is 4.61. The molecule has 19 heavy (non-hydrogen) atoms. The highest BCUT2D eigenvalue weighted by Crippen LogP contribution is 2.39. The van der Waals surface area contributed by atoms with Crippen molar-refractivity contribution in [2.24, 2.45) is 5.92 Å². The number of aliphatic carboxylic acids is 1. The maximum Gasteiger partial charge on any atom is 0.320 e. The van der Waals surface area contributed by atoms with Crippen molar-refractivity contribution >= 4 is 15.8 Å². The van der Waals surface area contributed by atoms with Crippen molar-refractivity contribution in [3.63, 3.8) is 0 Å². The number of hydrogen-bond acceptors (Lipinski definition) is 4. The number of hydrogen-bond donors (Lipinski definition) is 1. The van der Waals surface area contributed by atoms with Gasteiger partial charge in [0.05, 0.1) is 5.75 Å². The van der Waals surface area contributed by atoms with Crippen LogP contribution >= 0.6 is 0 Å². The first kappa shape index (κ1) is 14.8. The molecule has 3 atom stereocenters. The van der Waals surface area contributed by atoms with Crippen molar-refractivity contribution in [3.8, 4) is 0 Å². The maximum absolute atomic E-state index is 11.6. The van der Waals surface area contributed by atoms with Crippen LogP contribution in [-0.4, -0.2) is 54.5 Å². The number of likely N-dealkylation sites (tertiary alicyclic amines) is 1. The fourth-order valence-electron chi connectivity index (χ4n) is 3.51. The predicted molar refractivity (Wildman–Crippen MR) is 72.8 cm³/mol. The number of nitrogens with zero attached hydrogens (tertiary/aromatic N) is 1. The molecule has 0 aromatic carbocycles. The van der Waals surface area contributed by atoms with Crippen LogP contribution in [0, 0.1) is 5.92 Å². The van der Waals surface area contributed by atoms with Gasteiger partial charge in [-0.1, -0.05) is 19.8 Å². The summed E-state index contributed by atoms with van der Waals surface area (Å²) in [5.74, 6) is -0.147. The lowest BCUT2D eigenvalue weighted by molar-refractivity contribution is -0.142. The summed E-state index contributed by atoms with van der Waals surface area (Å²) in [7, 11) is -3.03. The number of fused-ring (bicyclic) bond motifs is 1. The maximum atomic E-state index is 11.6.